The van der Waals surface area contributed by atoms with Crippen LogP contribution in [0.3, 0.4) is 0 Å². The highest BCUT2D eigenvalue weighted by Crippen LogP contribution is 2.32. The molecule has 1 aliphatic rings. The number of benzene rings is 2. The molecule has 3 rings (SSSR count). The van der Waals surface area contributed by atoms with Gasteiger partial charge < -0.3 is 9.84 Å². The third-order valence-corrected chi connectivity index (χ3v) is 3.61. The third kappa shape index (κ3) is 2.30. The van der Waals surface area contributed by atoms with Crippen LogP contribution >= 0.6 is 0 Å². The van der Waals surface area contributed by atoms with Crippen molar-refractivity contribution in [3.63, 3.8) is 0 Å². The number of cyclic esters (lactones) is 2. The van der Waals surface area contributed by atoms with Crippen LogP contribution < -0.4 is 0 Å². The van der Waals surface area contributed by atoms with Gasteiger partial charge in [0.2, 0.25) is 0 Å². The van der Waals surface area contributed by atoms with Crippen LogP contribution in [0.4, 0.5) is 0 Å². The average molecular weight is 310 g/mol. The van der Waals surface area contributed by atoms with Crippen LogP contribution in [-0.4, -0.2) is 28.8 Å². The standard InChI is InChI=1S/C17H10O6/c1-8(18)13-7-9(5-6-11(13)15(19)20)10-3-2-4-12-14(10)17(22)23-16(12)21/h2-7H,1H3,(H,19,20). The first-order valence-electron chi connectivity index (χ1n) is 6.68. The molecule has 114 valence electrons. The van der Waals surface area contributed by atoms with Gasteiger partial charge in [-0.05, 0) is 36.2 Å². The zero-order chi connectivity index (χ0) is 16.7. The Bertz CT molecular complexity index is 894. The van der Waals surface area contributed by atoms with Crippen molar-refractivity contribution in [3.8, 4) is 11.1 Å². The summed E-state index contributed by atoms with van der Waals surface area (Å²) in [6, 6.07) is 8.86. The van der Waals surface area contributed by atoms with Gasteiger partial charge in [-0.15, -0.1) is 0 Å². The summed E-state index contributed by atoms with van der Waals surface area (Å²) >= 11 is 0. The van der Waals surface area contributed by atoms with E-state index in [0.29, 0.717) is 11.1 Å². The van der Waals surface area contributed by atoms with E-state index < -0.39 is 23.7 Å². The summed E-state index contributed by atoms with van der Waals surface area (Å²) in [4.78, 5) is 46.3. The molecule has 0 fully saturated rings. The molecule has 1 heterocycles. The van der Waals surface area contributed by atoms with Gasteiger partial charge in [0.25, 0.3) is 0 Å². The molecule has 0 saturated carbocycles. The summed E-state index contributed by atoms with van der Waals surface area (Å²) in [5.74, 6) is -3.10. The number of carboxylic acid groups (broad SMARTS) is 1. The number of hydrogen-bond acceptors (Lipinski definition) is 5. The van der Waals surface area contributed by atoms with Crippen LogP contribution in [0, 0.1) is 0 Å². The lowest BCUT2D eigenvalue weighted by atomic mass is 9.93. The molecule has 0 bridgehead atoms. The van der Waals surface area contributed by atoms with E-state index in [-0.39, 0.29) is 22.3 Å². The zero-order valence-electron chi connectivity index (χ0n) is 12.0. The van der Waals surface area contributed by atoms with Crippen molar-refractivity contribution in [1.82, 2.24) is 0 Å². The fraction of sp³-hybridized carbons (Fsp3) is 0.0588. The Kier molecular flexibility index (Phi) is 3.29. The fourth-order valence-corrected chi connectivity index (χ4v) is 2.56. The van der Waals surface area contributed by atoms with Gasteiger partial charge in [-0.25, -0.2) is 14.4 Å². The number of ketones is 1. The lowest BCUT2D eigenvalue weighted by molar-refractivity contribution is 0.0443. The molecule has 0 aromatic heterocycles. The molecule has 0 atom stereocenters. The number of aromatic carboxylic acids is 1. The number of fused-ring (bicyclic) bond motifs is 1. The topological polar surface area (TPSA) is 97.7 Å². The largest absolute Gasteiger partial charge is 0.478 e. The predicted octanol–water partition coefficient (Wildman–Crippen LogP) is 2.57. The highest BCUT2D eigenvalue weighted by molar-refractivity contribution is 6.18. The molecular formula is C17H10O6. The van der Waals surface area contributed by atoms with Crippen LogP contribution in [-0.2, 0) is 4.74 Å². The SMILES string of the molecule is CC(=O)c1cc(-c2cccc3c2C(=O)OC3=O)ccc1C(=O)O. The molecule has 1 aliphatic heterocycles. The van der Waals surface area contributed by atoms with Crippen molar-refractivity contribution in [1.29, 1.82) is 0 Å². The van der Waals surface area contributed by atoms with E-state index in [0.717, 1.165) is 0 Å². The molecule has 1 N–H and O–H groups in total. The molecule has 23 heavy (non-hydrogen) atoms. The first-order chi connectivity index (χ1) is 10.9. The van der Waals surface area contributed by atoms with Gasteiger partial charge in [0.1, 0.15) is 0 Å². The van der Waals surface area contributed by atoms with Gasteiger partial charge in [-0.3, -0.25) is 4.79 Å². The summed E-state index contributed by atoms with van der Waals surface area (Å²) in [5.41, 5.74) is 1.06. The zero-order valence-corrected chi connectivity index (χ0v) is 12.0. The van der Waals surface area contributed by atoms with Gasteiger partial charge in [-0.1, -0.05) is 18.2 Å². The van der Waals surface area contributed by atoms with E-state index in [2.05, 4.69) is 4.74 Å². The lowest BCUT2D eigenvalue weighted by Crippen LogP contribution is -2.06. The minimum absolute atomic E-state index is 0.0327. The highest BCUT2D eigenvalue weighted by Gasteiger charge is 2.32. The molecular weight excluding hydrogens is 300 g/mol. The maximum Gasteiger partial charge on any atom is 0.347 e. The molecule has 6 heteroatoms. The maximum atomic E-state index is 11.9. The molecule has 0 aliphatic carbocycles. The van der Waals surface area contributed by atoms with Gasteiger partial charge in [-0.2, -0.15) is 0 Å². The summed E-state index contributed by atoms with van der Waals surface area (Å²) in [6.45, 7) is 1.26. The summed E-state index contributed by atoms with van der Waals surface area (Å²) < 4.78 is 4.59. The van der Waals surface area contributed by atoms with Crippen molar-refractivity contribution in [2.75, 3.05) is 0 Å². The Morgan fingerprint density at radius 2 is 1.65 bits per heavy atom. The van der Waals surface area contributed by atoms with E-state index in [4.69, 9.17) is 5.11 Å². The number of Topliss-reactive ketones (excluding diaryl/α,β-unsaturated/α-hetero) is 1. The van der Waals surface area contributed by atoms with Crippen molar-refractivity contribution in [3.05, 3.63) is 58.7 Å². The van der Waals surface area contributed by atoms with Crippen molar-refractivity contribution >= 4 is 23.7 Å². The van der Waals surface area contributed by atoms with Crippen molar-refractivity contribution in [2.45, 2.75) is 6.92 Å². The highest BCUT2D eigenvalue weighted by atomic mass is 16.6. The fourth-order valence-electron chi connectivity index (χ4n) is 2.56. The summed E-state index contributed by atoms with van der Waals surface area (Å²) in [6.07, 6.45) is 0. The van der Waals surface area contributed by atoms with Crippen LogP contribution in [0.25, 0.3) is 11.1 Å². The Balaban J connectivity index is 2.24. The molecule has 0 saturated heterocycles. The first-order valence-corrected chi connectivity index (χ1v) is 6.68. The van der Waals surface area contributed by atoms with Gasteiger partial charge in [0.15, 0.2) is 5.78 Å². The Labute approximate surface area is 130 Å². The van der Waals surface area contributed by atoms with Gasteiger partial charge in [0.05, 0.1) is 16.7 Å². The monoisotopic (exact) mass is 310 g/mol. The Morgan fingerprint density at radius 1 is 0.957 bits per heavy atom. The number of carboxylic acids is 1. The number of rotatable bonds is 3. The number of carbonyl (C=O) groups excluding carboxylic acids is 3. The molecule has 6 nitrogen and oxygen atoms in total. The van der Waals surface area contributed by atoms with E-state index in [1.165, 1.54) is 31.2 Å². The van der Waals surface area contributed by atoms with Gasteiger partial charge in [0, 0.05) is 5.56 Å². The predicted molar refractivity (Wildman–Crippen MR) is 78.6 cm³/mol. The summed E-state index contributed by atoms with van der Waals surface area (Å²) in [5, 5.41) is 9.14. The van der Waals surface area contributed by atoms with Crippen LogP contribution in [0.1, 0.15) is 48.4 Å². The molecule has 0 spiro atoms. The molecule has 2 aromatic carbocycles. The van der Waals surface area contributed by atoms with E-state index in [1.54, 1.807) is 12.1 Å². The second-order valence-electron chi connectivity index (χ2n) is 5.03. The number of ether oxygens (including phenoxy) is 1. The summed E-state index contributed by atoms with van der Waals surface area (Å²) in [7, 11) is 0. The Hall–Kier alpha value is -3.28. The number of hydrogen-bond donors (Lipinski definition) is 1. The first kappa shape index (κ1) is 14.6. The minimum Gasteiger partial charge on any atom is -0.478 e. The maximum absolute atomic E-state index is 11.9. The molecule has 2 aromatic rings. The van der Waals surface area contributed by atoms with Crippen LogP contribution in [0.5, 0.6) is 0 Å². The van der Waals surface area contributed by atoms with E-state index >= 15 is 0 Å². The minimum atomic E-state index is -1.21. The van der Waals surface area contributed by atoms with E-state index in [9.17, 15) is 19.2 Å². The molecule has 0 unspecified atom stereocenters. The second-order valence-corrected chi connectivity index (χ2v) is 5.03. The third-order valence-electron chi connectivity index (χ3n) is 3.61. The van der Waals surface area contributed by atoms with Crippen LogP contribution in [0.15, 0.2) is 36.4 Å². The Morgan fingerprint density at radius 3 is 2.30 bits per heavy atom. The molecule has 0 amide bonds. The van der Waals surface area contributed by atoms with Crippen molar-refractivity contribution in [2.24, 2.45) is 0 Å². The normalized spacial score (nSPS) is 12.7. The second kappa shape index (κ2) is 5.17. The van der Waals surface area contributed by atoms with Crippen LogP contribution in [0.2, 0.25) is 0 Å². The van der Waals surface area contributed by atoms with Crippen molar-refractivity contribution < 1.29 is 29.0 Å². The average Bonchev–Trinajstić information content (AvgIpc) is 2.81. The number of carbonyl (C=O) groups is 4. The smallest absolute Gasteiger partial charge is 0.347 e. The number of esters is 2. The quantitative estimate of drug-likeness (QED) is 0.531. The van der Waals surface area contributed by atoms with Gasteiger partial charge >= 0.3 is 17.9 Å². The molecule has 0 radical (unpaired) electrons. The lowest BCUT2D eigenvalue weighted by Gasteiger charge is -2.09. The van der Waals surface area contributed by atoms with E-state index in [1.807, 2.05) is 0 Å².